The van der Waals surface area contributed by atoms with Crippen molar-refractivity contribution < 1.29 is 18.0 Å². The maximum Gasteiger partial charge on any atom is 0.416 e. The predicted octanol–water partition coefficient (Wildman–Crippen LogP) is 3.38. The van der Waals surface area contributed by atoms with Gasteiger partial charge in [-0.05, 0) is 48.9 Å². The van der Waals surface area contributed by atoms with Crippen LogP contribution < -0.4 is 5.32 Å². The standard InChI is InChI=1S/C16H19F3N2O/c17-16(18,19)13-4-6-14(7-5-13)20-15(22)10-21-8-11-2-1-3-12(11)9-21/h4-7,11-12H,1-3,8-10H2,(H,20,22). The highest BCUT2D eigenvalue weighted by molar-refractivity contribution is 5.92. The lowest BCUT2D eigenvalue weighted by molar-refractivity contribution is -0.137. The van der Waals surface area contributed by atoms with Crippen LogP contribution in [0.2, 0.25) is 0 Å². The second-order valence-corrected chi connectivity index (χ2v) is 6.27. The van der Waals surface area contributed by atoms with Gasteiger partial charge in [-0.25, -0.2) is 0 Å². The quantitative estimate of drug-likeness (QED) is 0.928. The Bertz CT molecular complexity index is 529. The third-order valence-corrected chi connectivity index (χ3v) is 4.67. The Balaban J connectivity index is 1.52. The molecule has 1 aromatic carbocycles. The van der Waals surface area contributed by atoms with Crippen molar-refractivity contribution in [3.05, 3.63) is 29.8 Å². The van der Waals surface area contributed by atoms with Crippen molar-refractivity contribution in [2.24, 2.45) is 11.8 Å². The van der Waals surface area contributed by atoms with Crippen molar-refractivity contribution >= 4 is 11.6 Å². The Labute approximate surface area is 127 Å². The summed E-state index contributed by atoms with van der Waals surface area (Å²) in [4.78, 5) is 14.1. The fraction of sp³-hybridized carbons (Fsp3) is 0.562. The number of hydrogen-bond donors (Lipinski definition) is 1. The number of anilines is 1. The zero-order chi connectivity index (χ0) is 15.7. The fourth-order valence-corrected chi connectivity index (χ4v) is 3.61. The molecule has 22 heavy (non-hydrogen) atoms. The highest BCUT2D eigenvalue weighted by atomic mass is 19.4. The molecule has 1 saturated heterocycles. The van der Waals surface area contributed by atoms with Crippen molar-refractivity contribution in [3.63, 3.8) is 0 Å². The summed E-state index contributed by atoms with van der Waals surface area (Å²) >= 11 is 0. The molecule has 3 nitrogen and oxygen atoms in total. The van der Waals surface area contributed by atoms with Crippen molar-refractivity contribution in [1.82, 2.24) is 4.90 Å². The van der Waals surface area contributed by atoms with Crippen LogP contribution >= 0.6 is 0 Å². The zero-order valence-corrected chi connectivity index (χ0v) is 12.2. The van der Waals surface area contributed by atoms with Crippen LogP contribution in [0.5, 0.6) is 0 Å². The molecule has 0 aromatic heterocycles. The maximum atomic E-state index is 12.5. The first-order chi connectivity index (χ1) is 10.4. The summed E-state index contributed by atoms with van der Waals surface area (Å²) in [6.07, 6.45) is -0.555. The molecule has 1 amide bonds. The average Bonchev–Trinajstić information content (AvgIpc) is 2.99. The third kappa shape index (κ3) is 3.43. The number of carbonyl (C=O) groups excluding carboxylic acids is 1. The molecule has 2 unspecified atom stereocenters. The molecule has 1 aliphatic heterocycles. The molecule has 2 fully saturated rings. The first kappa shape index (κ1) is 15.3. The molecule has 1 heterocycles. The molecule has 3 rings (SSSR count). The molecule has 1 aliphatic carbocycles. The van der Waals surface area contributed by atoms with Crippen molar-refractivity contribution in [2.75, 3.05) is 25.0 Å². The maximum absolute atomic E-state index is 12.5. The summed E-state index contributed by atoms with van der Waals surface area (Å²) in [6.45, 7) is 2.24. The van der Waals surface area contributed by atoms with Crippen molar-refractivity contribution in [3.8, 4) is 0 Å². The van der Waals surface area contributed by atoms with Crippen molar-refractivity contribution in [2.45, 2.75) is 25.4 Å². The van der Waals surface area contributed by atoms with Gasteiger partial charge in [0.25, 0.3) is 0 Å². The monoisotopic (exact) mass is 312 g/mol. The van der Waals surface area contributed by atoms with E-state index >= 15 is 0 Å². The minimum atomic E-state index is -4.35. The molecule has 1 N–H and O–H groups in total. The van der Waals surface area contributed by atoms with Gasteiger partial charge < -0.3 is 5.32 Å². The van der Waals surface area contributed by atoms with Gasteiger partial charge in [-0.1, -0.05) is 6.42 Å². The van der Waals surface area contributed by atoms with Gasteiger partial charge in [0.05, 0.1) is 12.1 Å². The van der Waals surface area contributed by atoms with E-state index in [4.69, 9.17) is 0 Å². The molecule has 0 radical (unpaired) electrons. The highest BCUT2D eigenvalue weighted by Gasteiger charge is 2.36. The lowest BCUT2D eigenvalue weighted by atomic mass is 10.0. The first-order valence-electron chi connectivity index (χ1n) is 7.61. The minimum absolute atomic E-state index is 0.167. The van der Waals surface area contributed by atoms with E-state index in [9.17, 15) is 18.0 Å². The Morgan fingerprint density at radius 2 is 1.73 bits per heavy atom. The van der Waals surface area contributed by atoms with E-state index in [1.54, 1.807) is 0 Å². The smallest absolute Gasteiger partial charge is 0.325 e. The predicted molar refractivity (Wildman–Crippen MR) is 77.3 cm³/mol. The molecule has 1 aromatic rings. The molecule has 0 spiro atoms. The van der Waals surface area contributed by atoms with Crippen molar-refractivity contribution in [1.29, 1.82) is 0 Å². The third-order valence-electron chi connectivity index (χ3n) is 4.67. The molecular weight excluding hydrogens is 293 g/mol. The van der Waals surface area contributed by atoms with Crippen LogP contribution in [0.15, 0.2) is 24.3 Å². The normalized spacial score (nSPS) is 25.2. The van der Waals surface area contributed by atoms with E-state index in [0.717, 1.165) is 37.1 Å². The van der Waals surface area contributed by atoms with Gasteiger partial charge in [-0.15, -0.1) is 0 Å². The second kappa shape index (κ2) is 5.91. The number of carbonyl (C=O) groups is 1. The number of fused-ring (bicyclic) bond motifs is 1. The van der Waals surface area contributed by atoms with Gasteiger partial charge in [0.15, 0.2) is 0 Å². The van der Waals surface area contributed by atoms with E-state index < -0.39 is 11.7 Å². The van der Waals surface area contributed by atoms with Gasteiger partial charge in [-0.2, -0.15) is 13.2 Å². The summed E-state index contributed by atoms with van der Waals surface area (Å²) in [5.74, 6) is 1.28. The largest absolute Gasteiger partial charge is 0.416 e. The van der Waals surface area contributed by atoms with E-state index in [2.05, 4.69) is 10.2 Å². The second-order valence-electron chi connectivity index (χ2n) is 6.27. The summed E-state index contributed by atoms with van der Waals surface area (Å²) in [6, 6.07) is 4.55. The molecule has 2 atom stereocenters. The number of rotatable bonds is 3. The molecule has 0 bridgehead atoms. The van der Waals surface area contributed by atoms with E-state index in [0.29, 0.717) is 12.2 Å². The van der Waals surface area contributed by atoms with Gasteiger partial charge in [0.2, 0.25) is 5.91 Å². The zero-order valence-electron chi connectivity index (χ0n) is 12.2. The topological polar surface area (TPSA) is 32.3 Å². The molecular formula is C16H19F3N2O. The summed E-state index contributed by atoms with van der Waals surface area (Å²) in [5.41, 5.74) is -0.310. The van der Waals surface area contributed by atoms with E-state index in [1.165, 1.54) is 31.4 Å². The Morgan fingerprint density at radius 1 is 1.14 bits per heavy atom. The number of benzene rings is 1. The number of halogens is 3. The van der Waals surface area contributed by atoms with Crippen LogP contribution in [0.3, 0.4) is 0 Å². The SMILES string of the molecule is O=C(CN1CC2CCCC2C1)Nc1ccc(C(F)(F)F)cc1. The van der Waals surface area contributed by atoms with Gasteiger partial charge in [0, 0.05) is 18.8 Å². The molecule has 2 aliphatic rings. The molecule has 6 heteroatoms. The number of hydrogen-bond acceptors (Lipinski definition) is 2. The minimum Gasteiger partial charge on any atom is -0.325 e. The summed E-state index contributed by atoms with van der Waals surface area (Å²) in [7, 11) is 0. The van der Waals surface area contributed by atoms with Gasteiger partial charge in [0.1, 0.15) is 0 Å². The number of likely N-dealkylation sites (tertiary alicyclic amines) is 1. The molecule has 120 valence electrons. The van der Waals surface area contributed by atoms with Crippen LogP contribution in [0.1, 0.15) is 24.8 Å². The number of amides is 1. The lowest BCUT2D eigenvalue weighted by Gasteiger charge is -2.16. The Morgan fingerprint density at radius 3 is 2.27 bits per heavy atom. The van der Waals surface area contributed by atoms with Gasteiger partial charge >= 0.3 is 6.18 Å². The first-order valence-corrected chi connectivity index (χ1v) is 7.61. The van der Waals surface area contributed by atoms with Crippen LogP contribution in [-0.4, -0.2) is 30.4 Å². The number of alkyl halides is 3. The van der Waals surface area contributed by atoms with E-state index in [-0.39, 0.29) is 5.91 Å². The van der Waals surface area contributed by atoms with Gasteiger partial charge in [-0.3, -0.25) is 9.69 Å². The van der Waals surface area contributed by atoms with Crippen LogP contribution in [0, 0.1) is 11.8 Å². The number of nitrogens with zero attached hydrogens (tertiary/aromatic N) is 1. The number of nitrogens with one attached hydrogen (secondary N) is 1. The van der Waals surface area contributed by atoms with E-state index in [1.807, 2.05) is 0 Å². The lowest BCUT2D eigenvalue weighted by Crippen LogP contribution is -2.32. The average molecular weight is 312 g/mol. The summed E-state index contributed by atoms with van der Waals surface area (Å²) < 4.78 is 37.4. The Kier molecular flexibility index (Phi) is 4.12. The Hall–Kier alpha value is -1.56. The molecule has 1 saturated carbocycles. The summed E-state index contributed by atoms with van der Waals surface area (Å²) in [5, 5.41) is 2.67. The van der Waals surface area contributed by atoms with Crippen LogP contribution in [-0.2, 0) is 11.0 Å². The van der Waals surface area contributed by atoms with Crippen LogP contribution in [0.4, 0.5) is 18.9 Å². The highest BCUT2D eigenvalue weighted by Crippen LogP contribution is 2.37. The van der Waals surface area contributed by atoms with Crippen LogP contribution in [0.25, 0.3) is 0 Å². The fourth-order valence-electron chi connectivity index (χ4n) is 3.61.